The summed E-state index contributed by atoms with van der Waals surface area (Å²) in [6, 6.07) is 6.16. The van der Waals surface area contributed by atoms with Crippen LogP contribution in [0.1, 0.15) is 28.9 Å². The molecule has 3 rings (SSSR count). The van der Waals surface area contributed by atoms with Crippen LogP contribution in [0.3, 0.4) is 0 Å². The number of amides is 2. The summed E-state index contributed by atoms with van der Waals surface area (Å²) < 4.78 is 28.4. The number of aryl methyl sites for hydroxylation is 2. The van der Waals surface area contributed by atoms with Crippen molar-refractivity contribution in [3.8, 4) is 5.75 Å². The highest BCUT2D eigenvalue weighted by atomic mass is 32.2. The van der Waals surface area contributed by atoms with Crippen LogP contribution in [-0.2, 0) is 21.9 Å². The average molecular weight is 420 g/mol. The summed E-state index contributed by atoms with van der Waals surface area (Å²) in [5, 5.41) is 12.5. The van der Waals surface area contributed by atoms with E-state index < -0.39 is 15.9 Å². The van der Waals surface area contributed by atoms with Crippen molar-refractivity contribution >= 4 is 27.5 Å². The summed E-state index contributed by atoms with van der Waals surface area (Å²) >= 11 is 0. The highest BCUT2D eigenvalue weighted by Gasteiger charge is 2.33. The first kappa shape index (κ1) is 20.9. The van der Waals surface area contributed by atoms with Gasteiger partial charge in [0.15, 0.2) is 0 Å². The number of hydrogen-bond donors (Lipinski definition) is 3. The Morgan fingerprint density at radius 3 is 2.41 bits per heavy atom. The van der Waals surface area contributed by atoms with Crippen LogP contribution in [0.4, 0.5) is 5.69 Å². The van der Waals surface area contributed by atoms with E-state index in [2.05, 4.69) is 5.32 Å². The van der Waals surface area contributed by atoms with Crippen molar-refractivity contribution in [2.75, 3.05) is 18.4 Å². The number of aromatic nitrogens is 1. The van der Waals surface area contributed by atoms with Gasteiger partial charge in [0.25, 0.3) is 5.91 Å². The maximum absolute atomic E-state index is 12.8. The molecule has 1 fully saturated rings. The molecule has 0 saturated carbocycles. The smallest absolute Gasteiger partial charge is 0.265 e. The Kier molecular flexibility index (Phi) is 5.67. The van der Waals surface area contributed by atoms with Crippen LogP contribution >= 0.6 is 0 Å². The van der Waals surface area contributed by atoms with E-state index in [1.165, 1.54) is 27.2 Å². The van der Waals surface area contributed by atoms with Crippen molar-refractivity contribution in [1.82, 2.24) is 8.87 Å². The van der Waals surface area contributed by atoms with Crippen LogP contribution in [0.15, 0.2) is 35.4 Å². The third kappa shape index (κ3) is 4.28. The number of nitrogens with two attached hydrogens (primary N) is 1. The number of sulfonamides is 1. The van der Waals surface area contributed by atoms with E-state index in [-0.39, 0.29) is 41.3 Å². The topological polar surface area (TPSA) is 135 Å². The quantitative estimate of drug-likeness (QED) is 0.667. The predicted octanol–water partition coefficient (Wildman–Crippen LogP) is 1.18. The third-order valence-corrected chi connectivity index (χ3v) is 7.04. The number of aromatic hydroxyl groups is 1. The number of benzene rings is 1. The van der Waals surface area contributed by atoms with Crippen LogP contribution in [0.5, 0.6) is 5.75 Å². The number of carbonyl (C=O) groups is 2. The second-order valence-corrected chi connectivity index (χ2v) is 9.14. The van der Waals surface area contributed by atoms with E-state index in [9.17, 15) is 23.1 Å². The monoisotopic (exact) mass is 420 g/mol. The number of carbonyl (C=O) groups excluding carboxylic acids is 2. The zero-order chi connectivity index (χ0) is 21.3. The van der Waals surface area contributed by atoms with E-state index in [1.807, 2.05) is 0 Å². The van der Waals surface area contributed by atoms with E-state index >= 15 is 0 Å². The molecule has 1 aromatic carbocycles. The number of rotatable bonds is 5. The Morgan fingerprint density at radius 1 is 1.21 bits per heavy atom. The van der Waals surface area contributed by atoms with Gasteiger partial charge in [-0.2, -0.15) is 4.31 Å². The number of nitrogens with one attached hydrogen (secondary N) is 1. The fourth-order valence-electron chi connectivity index (χ4n) is 3.36. The molecule has 1 aliphatic rings. The van der Waals surface area contributed by atoms with Crippen molar-refractivity contribution in [2.24, 2.45) is 18.7 Å². The van der Waals surface area contributed by atoms with Crippen LogP contribution in [-0.4, -0.2) is 47.3 Å². The molecule has 9 nitrogen and oxygen atoms in total. The Hall–Kier alpha value is -2.85. The van der Waals surface area contributed by atoms with Crippen LogP contribution in [0, 0.1) is 12.8 Å². The van der Waals surface area contributed by atoms with Gasteiger partial charge in [-0.25, -0.2) is 8.42 Å². The number of phenolic OH excluding ortho intramolecular Hbond substituents is 1. The summed E-state index contributed by atoms with van der Waals surface area (Å²) in [7, 11) is -2.22. The summed E-state index contributed by atoms with van der Waals surface area (Å²) in [4.78, 5) is 23.9. The molecule has 29 heavy (non-hydrogen) atoms. The molecule has 10 heteroatoms. The first-order chi connectivity index (χ1) is 13.6. The van der Waals surface area contributed by atoms with Crippen LogP contribution in [0.25, 0.3) is 0 Å². The predicted molar refractivity (Wildman–Crippen MR) is 107 cm³/mol. The lowest BCUT2D eigenvalue weighted by atomic mass is 9.97. The minimum Gasteiger partial charge on any atom is -0.508 e. The Labute approximate surface area is 169 Å². The van der Waals surface area contributed by atoms with Crippen molar-refractivity contribution in [1.29, 1.82) is 0 Å². The van der Waals surface area contributed by atoms with Gasteiger partial charge in [-0.1, -0.05) is 6.07 Å². The summed E-state index contributed by atoms with van der Waals surface area (Å²) in [6.07, 6.45) is 2.11. The minimum absolute atomic E-state index is 0.00633. The Balaban J connectivity index is 1.64. The second-order valence-electron chi connectivity index (χ2n) is 7.21. The van der Waals surface area contributed by atoms with Gasteiger partial charge >= 0.3 is 0 Å². The molecule has 156 valence electrons. The van der Waals surface area contributed by atoms with Crippen molar-refractivity contribution < 1.29 is 23.1 Å². The molecule has 0 atom stereocenters. The third-order valence-electron chi connectivity index (χ3n) is 5.17. The highest BCUT2D eigenvalue weighted by molar-refractivity contribution is 7.89. The zero-order valence-corrected chi connectivity index (χ0v) is 17.1. The molecular formula is C19H24N4O5S. The number of primary amides is 1. The number of phenols is 1. The maximum atomic E-state index is 12.8. The van der Waals surface area contributed by atoms with Crippen LogP contribution in [0.2, 0.25) is 0 Å². The largest absolute Gasteiger partial charge is 0.508 e. The number of hydrogen-bond acceptors (Lipinski definition) is 5. The normalized spacial score (nSPS) is 15.9. The first-order valence-electron chi connectivity index (χ1n) is 9.16. The lowest BCUT2D eigenvalue weighted by Crippen LogP contribution is -2.41. The fourth-order valence-corrected chi connectivity index (χ4v) is 4.90. The maximum Gasteiger partial charge on any atom is 0.265 e. The lowest BCUT2D eigenvalue weighted by molar-refractivity contribution is -0.120. The molecule has 1 aliphatic heterocycles. The van der Waals surface area contributed by atoms with Crippen molar-refractivity contribution in [3.05, 3.63) is 41.7 Å². The molecule has 1 aromatic heterocycles. The molecule has 4 N–H and O–H groups in total. The molecular weight excluding hydrogens is 396 g/mol. The SMILES string of the molecule is Cc1ccc(NC(=O)C2CCN(S(=O)(=O)c3cc(C(N)=O)n(C)c3)CC2)cc1O. The standard InChI is InChI=1S/C19H24N4O5S/c1-12-3-4-14(9-17(12)24)21-19(26)13-5-7-23(8-6-13)29(27,28)15-10-16(18(20)25)22(2)11-15/h3-4,9-11,13,24H,5-8H2,1-2H3,(H2,20,25)(H,21,26). The van der Waals surface area contributed by atoms with Gasteiger partial charge < -0.3 is 20.7 Å². The molecule has 0 spiro atoms. The van der Waals surface area contributed by atoms with Crippen molar-refractivity contribution in [3.63, 3.8) is 0 Å². The number of piperidine rings is 1. The Bertz CT molecular complexity index is 1050. The van der Waals surface area contributed by atoms with E-state index in [0.29, 0.717) is 24.1 Å². The molecule has 2 aromatic rings. The van der Waals surface area contributed by atoms with E-state index in [1.54, 1.807) is 26.1 Å². The van der Waals surface area contributed by atoms with E-state index in [0.717, 1.165) is 0 Å². The summed E-state index contributed by atoms with van der Waals surface area (Å²) in [5.41, 5.74) is 6.57. The molecule has 2 heterocycles. The molecule has 0 aliphatic carbocycles. The van der Waals surface area contributed by atoms with Gasteiger partial charge in [0.1, 0.15) is 16.3 Å². The minimum atomic E-state index is -3.78. The van der Waals surface area contributed by atoms with Gasteiger partial charge in [-0.3, -0.25) is 9.59 Å². The van der Waals surface area contributed by atoms with Gasteiger partial charge in [-0.15, -0.1) is 0 Å². The first-order valence-corrected chi connectivity index (χ1v) is 10.6. The average Bonchev–Trinajstić information content (AvgIpc) is 3.07. The summed E-state index contributed by atoms with van der Waals surface area (Å²) in [6.45, 7) is 2.15. The molecule has 2 amide bonds. The number of anilines is 1. The van der Waals surface area contributed by atoms with Gasteiger partial charge in [0.05, 0.1) is 0 Å². The zero-order valence-electron chi connectivity index (χ0n) is 16.3. The molecule has 0 bridgehead atoms. The molecule has 0 radical (unpaired) electrons. The van der Waals surface area contributed by atoms with Crippen molar-refractivity contribution in [2.45, 2.75) is 24.7 Å². The molecule has 1 saturated heterocycles. The van der Waals surface area contributed by atoms with Crippen LogP contribution < -0.4 is 11.1 Å². The molecule has 0 unspecified atom stereocenters. The van der Waals surface area contributed by atoms with E-state index in [4.69, 9.17) is 5.73 Å². The van der Waals surface area contributed by atoms with Gasteiger partial charge in [-0.05, 0) is 37.5 Å². The number of nitrogens with zero attached hydrogens (tertiary/aromatic N) is 2. The summed E-state index contributed by atoms with van der Waals surface area (Å²) in [5.74, 6) is -1.14. The lowest BCUT2D eigenvalue weighted by Gasteiger charge is -2.30. The highest BCUT2D eigenvalue weighted by Crippen LogP contribution is 2.27. The Morgan fingerprint density at radius 2 is 1.86 bits per heavy atom. The second kappa shape index (κ2) is 7.88. The van der Waals surface area contributed by atoms with Gasteiger partial charge in [0, 0.05) is 44.0 Å². The fraction of sp³-hybridized carbons (Fsp3) is 0.368. The van der Waals surface area contributed by atoms with Gasteiger partial charge in [0.2, 0.25) is 15.9 Å².